The van der Waals surface area contributed by atoms with E-state index in [0.717, 1.165) is 116 Å². The van der Waals surface area contributed by atoms with E-state index in [1.807, 2.05) is 0 Å². The lowest BCUT2D eigenvalue weighted by Gasteiger charge is -2.24. The number of likely N-dealkylation sites (tertiary alicyclic amines) is 1. The predicted molar refractivity (Wildman–Crippen MR) is 241 cm³/mol. The number of rotatable bonds is 43. The predicted octanol–water partition coefficient (Wildman–Crippen LogP) is 14.7. The summed E-state index contributed by atoms with van der Waals surface area (Å²) in [7, 11) is 0. The van der Waals surface area contributed by atoms with Gasteiger partial charge in [0.2, 0.25) is 5.91 Å². The van der Waals surface area contributed by atoms with Gasteiger partial charge in [-0.2, -0.15) is 0 Å². The summed E-state index contributed by atoms with van der Waals surface area (Å²) >= 11 is 0. The van der Waals surface area contributed by atoms with E-state index in [1.54, 1.807) is 0 Å². The molecule has 1 saturated heterocycles. The quantitative estimate of drug-likeness (QED) is 0.0350. The van der Waals surface area contributed by atoms with E-state index in [2.05, 4.69) is 37.1 Å². The maximum Gasteiger partial charge on any atom is 0.306 e. The molecular formula is C50H96N2O4. The Kier molecular flexibility index (Phi) is 37.7. The highest BCUT2D eigenvalue weighted by Gasteiger charge is 2.18. The molecule has 0 atom stereocenters. The first-order valence-electron chi connectivity index (χ1n) is 25.0. The molecule has 0 saturated carbocycles. The van der Waals surface area contributed by atoms with Crippen molar-refractivity contribution in [2.45, 2.75) is 258 Å². The summed E-state index contributed by atoms with van der Waals surface area (Å²) in [5.74, 6) is 1.31. The van der Waals surface area contributed by atoms with Gasteiger partial charge in [-0.05, 0) is 83.7 Å². The third-order valence-corrected chi connectivity index (χ3v) is 12.0. The summed E-state index contributed by atoms with van der Waals surface area (Å²) in [6.07, 6.45) is 42.5. The first-order chi connectivity index (χ1) is 27.5. The second kappa shape index (κ2) is 40.2. The Labute approximate surface area is 349 Å². The number of nitrogens with zero attached hydrogens (tertiary/aromatic N) is 2. The number of hydrogen-bond donors (Lipinski definition) is 0. The third kappa shape index (κ3) is 33.4. The molecular weight excluding hydrogens is 693 g/mol. The summed E-state index contributed by atoms with van der Waals surface area (Å²) in [4.78, 5) is 30.8. The highest BCUT2D eigenvalue weighted by atomic mass is 16.5. The smallest absolute Gasteiger partial charge is 0.306 e. The van der Waals surface area contributed by atoms with Gasteiger partial charge in [-0.15, -0.1) is 0 Å². The second-order valence-corrected chi connectivity index (χ2v) is 17.4. The SMILES string of the molecule is C=C(CCCCCCCN(CCCCCCCC(=O)OC(CCCCCCCC)CCCCCCCC)C(=O)CCN1CCCC1)OCCCCCCCCC. The van der Waals surface area contributed by atoms with Gasteiger partial charge < -0.3 is 19.3 Å². The first kappa shape index (κ1) is 52.5. The van der Waals surface area contributed by atoms with Crippen molar-refractivity contribution in [1.82, 2.24) is 9.80 Å². The Morgan fingerprint density at radius 1 is 0.536 bits per heavy atom. The fraction of sp³-hybridized carbons (Fsp3) is 0.920. The maximum absolute atomic E-state index is 13.3. The molecule has 0 aromatic rings. The number of ether oxygens (including phenoxy) is 2. The van der Waals surface area contributed by atoms with Crippen molar-refractivity contribution in [2.75, 3.05) is 39.3 Å². The summed E-state index contributed by atoms with van der Waals surface area (Å²) in [5.41, 5.74) is 0. The molecule has 1 rings (SSSR count). The number of unbranched alkanes of at least 4 members (excludes halogenated alkanes) is 24. The molecule has 1 fully saturated rings. The molecule has 6 heteroatoms. The average molecular weight is 789 g/mol. The fourth-order valence-electron chi connectivity index (χ4n) is 8.20. The molecule has 1 amide bonds. The molecule has 0 spiro atoms. The standard InChI is InChI=1S/C50H96N2O4/c1-5-8-11-14-17-26-35-46-55-47(4)36-27-20-18-24-31-43-52(49(53)40-45-51-41-33-34-42-51)44-32-25-19-23-30-39-50(54)56-48(37-28-21-15-12-9-6-2)38-29-22-16-13-10-7-3/h48H,4-46H2,1-3H3. The van der Waals surface area contributed by atoms with E-state index in [-0.39, 0.29) is 12.1 Å². The van der Waals surface area contributed by atoms with Crippen LogP contribution in [0.15, 0.2) is 12.3 Å². The van der Waals surface area contributed by atoms with Gasteiger partial charge in [0.25, 0.3) is 0 Å². The summed E-state index contributed by atoms with van der Waals surface area (Å²) in [6, 6.07) is 0. The van der Waals surface area contributed by atoms with Gasteiger partial charge in [-0.25, -0.2) is 0 Å². The minimum absolute atomic E-state index is 0.0128. The van der Waals surface area contributed by atoms with Gasteiger partial charge in [0.05, 0.1) is 12.4 Å². The van der Waals surface area contributed by atoms with E-state index in [9.17, 15) is 9.59 Å². The normalized spacial score (nSPS) is 13.1. The van der Waals surface area contributed by atoms with E-state index in [4.69, 9.17) is 9.47 Å². The summed E-state index contributed by atoms with van der Waals surface area (Å²) < 4.78 is 12.0. The van der Waals surface area contributed by atoms with E-state index >= 15 is 0 Å². The Bertz CT molecular complexity index is 872. The maximum atomic E-state index is 13.3. The molecule has 1 heterocycles. The van der Waals surface area contributed by atoms with Crippen molar-refractivity contribution in [3.05, 3.63) is 12.3 Å². The second-order valence-electron chi connectivity index (χ2n) is 17.4. The van der Waals surface area contributed by atoms with Crippen molar-refractivity contribution in [3.8, 4) is 0 Å². The minimum Gasteiger partial charge on any atom is -0.499 e. The molecule has 0 bridgehead atoms. The molecule has 1 aliphatic rings. The molecule has 330 valence electrons. The van der Waals surface area contributed by atoms with Crippen molar-refractivity contribution in [2.24, 2.45) is 0 Å². The Morgan fingerprint density at radius 3 is 1.48 bits per heavy atom. The van der Waals surface area contributed by atoms with Crippen LogP contribution in [0.2, 0.25) is 0 Å². The van der Waals surface area contributed by atoms with Crippen molar-refractivity contribution >= 4 is 11.9 Å². The van der Waals surface area contributed by atoms with Crippen LogP contribution in [0.25, 0.3) is 0 Å². The highest BCUT2D eigenvalue weighted by molar-refractivity contribution is 5.76. The number of esters is 1. The average Bonchev–Trinajstić information content (AvgIpc) is 3.72. The summed E-state index contributed by atoms with van der Waals surface area (Å²) in [6.45, 7) is 16.7. The topological polar surface area (TPSA) is 59.1 Å². The van der Waals surface area contributed by atoms with Crippen LogP contribution in [0.4, 0.5) is 0 Å². The van der Waals surface area contributed by atoms with Crippen molar-refractivity contribution in [1.29, 1.82) is 0 Å². The lowest BCUT2D eigenvalue weighted by Crippen LogP contribution is -2.35. The molecule has 0 aromatic carbocycles. The molecule has 0 radical (unpaired) electrons. The Morgan fingerprint density at radius 2 is 0.964 bits per heavy atom. The van der Waals surface area contributed by atoms with Crippen molar-refractivity contribution < 1.29 is 19.1 Å². The zero-order valence-electron chi connectivity index (χ0n) is 38.0. The molecule has 0 aromatic heterocycles. The summed E-state index contributed by atoms with van der Waals surface area (Å²) in [5, 5.41) is 0. The Balaban J connectivity index is 2.29. The van der Waals surface area contributed by atoms with Crippen LogP contribution in [-0.4, -0.2) is 67.1 Å². The van der Waals surface area contributed by atoms with Crippen LogP contribution in [0, 0.1) is 0 Å². The van der Waals surface area contributed by atoms with E-state index < -0.39 is 0 Å². The molecule has 0 N–H and O–H groups in total. The molecule has 0 unspecified atom stereocenters. The van der Waals surface area contributed by atoms with Gasteiger partial charge in [0, 0.05) is 38.9 Å². The Hall–Kier alpha value is -1.56. The fourth-order valence-corrected chi connectivity index (χ4v) is 8.20. The van der Waals surface area contributed by atoms with Gasteiger partial charge >= 0.3 is 5.97 Å². The van der Waals surface area contributed by atoms with Crippen LogP contribution < -0.4 is 0 Å². The lowest BCUT2D eigenvalue weighted by molar-refractivity contribution is -0.150. The third-order valence-electron chi connectivity index (χ3n) is 12.0. The first-order valence-corrected chi connectivity index (χ1v) is 25.0. The van der Waals surface area contributed by atoms with Crippen LogP contribution in [0.1, 0.15) is 252 Å². The molecule has 1 aliphatic heterocycles. The number of allylic oxidation sites excluding steroid dienone is 1. The largest absolute Gasteiger partial charge is 0.499 e. The monoisotopic (exact) mass is 789 g/mol. The van der Waals surface area contributed by atoms with Gasteiger partial charge in [-0.1, -0.05) is 169 Å². The number of carbonyl (C=O) groups is 2. The molecule has 56 heavy (non-hydrogen) atoms. The zero-order chi connectivity index (χ0) is 40.6. The zero-order valence-corrected chi connectivity index (χ0v) is 38.0. The van der Waals surface area contributed by atoms with Crippen LogP contribution >= 0.6 is 0 Å². The van der Waals surface area contributed by atoms with Gasteiger partial charge in [0.1, 0.15) is 6.10 Å². The van der Waals surface area contributed by atoms with Crippen LogP contribution in [0.5, 0.6) is 0 Å². The molecule has 6 nitrogen and oxygen atoms in total. The van der Waals surface area contributed by atoms with E-state index in [1.165, 1.54) is 148 Å². The van der Waals surface area contributed by atoms with Gasteiger partial charge in [-0.3, -0.25) is 9.59 Å². The lowest BCUT2D eigenvalue weighted by atomic mass is 10.0. The van der Waals surface area contributed by atoms with Crippen LogP contribution in [0.3, 0.4) is 0 Å². The van der Waals surface area contributed by atoms with Gasteiger partial charge in [0.15, 0.2) is 0 Å². The highest BCUT2D eigenvalue weighted by Crippen LogP contribution is 2.19. The van der Waals surface area contributed by atoms with E-state index in [0.29, 0.717) is 18.7 Å². The number of amides is 1. The number of carbonyl (C=O) groups excluding carboxylic acids is 2. The minimum atomic E-state index is 0.0128. The van der Waals surface area contributed by atoms with Crippen LogP contribution in [-0.2, 0) is 19.1 Å². The van der Waals surface area contributed by atoms with Crippen molar-refractivity contribution in [3.63, 3.8) is 0 Å². The molecule has 0 aliphatic carbocycles. The number of hydrogen-bond acceptors (Lipinski definition) is 5.